The van der Waals surface area contributed by atoms with E-state index in [0.717, 1.165) is 19.4 Å². The molecule has 0 fully saturated rings. The summed E-state index contributed by atoms with van der Waals surface area (Å²) in [7, 11) is 0. The molecule has 2 N–H and O–H groups in total. The van der Waals surface area contributed by atoms with Crippen molar-refractivity contribution in [2.75, 3.05) is 6.61 Å². The predicted molar refractivity (Wildman–Crippen MR) is 111 cm³/mol. The number of hydrogen-bond donors (Lipinski definition) is 2. The molecule has 0 aliphatic heterocycles. The van der Waals surface area contributed by atoms with Gasteiger partial charge in [0.15, 0.2) is 6.61 Å². The van der Waals surface area contributed by atoms with E-state index in [9.17, 15) is 4.79 Å². The number of aryl methyl sites for hydroxylation is 1. The molecule has 0 unspecified atom stereocenters. The predicted octanol–water partition coefficient (Wildman–Crippen LogP) is 4.09. The molecule has 0 heterocycles. The third-order valence-electron chi connectivity index (χ3n) is 4.17. The van der Waals surface area contributed by atoms with Crippen LogP contribution in [0.1, 0.15) is 45.2 Å². The fourth-order valence-electron chi connectivity index (χ4n) is 2.73. The van der Waals surface area contributed by atoms with E-state index in [1.165, 1.54) is 11.1 Å². The average Bonchev–Trinajstić information content (AvgIpc) is 2.63. The van der Waals surface area contributed by atoms with Gasteiger partial charge in [-0.25, -0.2) is 0 Å². The van der Waals surface area contributed by atoms with Crippen LogP contribution in [-0.2, 0) is 17.8 Å². The fraction of sp³-hybridized carbons (Fsp3) is 0.435. The van der Waals surface area contributed by atoms with Gasteiger partial charge < -0.3 is 15.4 Å². The van der Waals surface area contributed by atoms with Crippen molar-refractivity contribution in [3.63, 3.8) is 0 Å². The topological polar surface area (TPSA) is 50.4 Å². The monoisotopic (exact) mass is 368 g/mol. The van der Waals surface area contributed by atoms with E-state index >= 15 is 0 Å². The van der Waals surface area contributed by atoms with Crippen LogP contribution in [0.3, 0.4) is 0 Å². The molecule has 1 atom stereocenters. The summed E-state index contributed by atoms with van der Waals surface area (Å²) in [5.41, 5.74) is 2.34. The first-order valence-electron chi connectivity index (χ1n) is 9.62. The summed E-state index contributed by atoms with van der Waals surface area (Å²) < 4.78 is 5.55. The molecule has 2 aromatic carbocycles. The van der Waals surface area contributed by atoms with Gasteiger partial charge in [-0.05, 0) is 63.8 Å². The average molecular weight is 369 g/mol. The number of ether oxygens (including phenoxy) is 1. The summed E-state index contributed by atoms with van der Waals surface area (Å²) in [5, 5.41) is 6.44. The summed E-state index contributed by atoms with van der Waals surface area (Å²) in [6, 6.07) is 18.9. The van der Waals surface area contributed by atoms with Crippen molar-refractivity contribution in [3.05, 3.63) is 65.7 Å². The molecule has 2 aromatic rings. The highest BCUT2D eigenvalue weighted by molar-refractivity contribution is 5.78. The first-order chi connectivity index (χ1) is 12.8. The second kappa shape index (κ2) is 10.1. The van der Waals surface area contributed by atoms with Gasteiger partial charge in [-0.1, -0.05) is 42.5 Å². The maximum atomic E-state index is 11.8. The molecule has 0 saturated carbocycles. The maximum absolute atomic E-state index is 11.8. The van der Waals surface area contributed by atoms with Crippen LogP contribution in [0.15, 0.2) is 54.6 Å². The largest absolute Gasteiger partial charge is 0.484 e. The molecular formula is C23H32N2O2. The quantitative estimate of drug-likeness (QED) is 0.701. The standard InChI is InChI=1S/C23H32N2O2/c1-18(10-11-19-8-6-5-7-9-19)24-16-20-12-14-21(15-13-20)27-17-22(26)25-23(2,3)4/h5-9,12-15,18,24H,10-11,16-17H2,1-4H3,(H,25,26)/t18-/m0/s1. The number of rotatable bonds is 9. The van der Waals surface area contributed by atoms with Crippen LogP contribution in [-0.4, -0.2) is 24.1 Å². The van der Waals surface area contributed by atoms with E-state index in [2.05, 4.69) is 47.9 Å². The molecule has 27 heavy (non-hydrogen) atoms. The molecule has 0 aliphatic carbocycles. The summed E-state index contributed by atoms with van der Waals surface area (Å²) in [6.07, 6.45) is 2.19. The minimum atomic E-state index is -0.243. The van der Waals surface area contributed by atoms with Crippen LogP contribution in [0.2, 0.25) is 0 Å². The number of nitrogens with one attached hydrogen (secondary N) is 2. The van der Waals surface area contributed by atoms with Crippen LogP contribution in [0.25, 0.3) is 0 Å². The van der Waals surface area contributed by atoms with E-state index in [1.54, 1.807) is 0 Å². The molecule has 0 saturated heterocycles. The normalized spacial score (nSPS) is 12.4. The highest BCUT2D eigenvalue weighted by Gasteiger charge is 2.13. The maximum Gasteiger partial charge on any atom is 0.258 e. The van der Waals surface area contributed by atoms with Crippen molar-refractivity contribution in [1.29, 1.82) is 0 Å². The molecule has 146 valence electrons. The smallest absolute Gasteiger partial charge is 0.258 e. The number of carbonyl (C=O) groups excluding carboxylic acids is 1. The third kappa shape index (κ3) is 8.74. The first-order valence-corrected chi connectivity index (χ1v) is 9.62. The van der Waals surface area contributed by atoms with Crippen LogP contribution in [0, 0.1) is 0 Å². The van der Waals surface area contributed by atoms with Gasteiger partial charge >= 0.3 is 0 Å². The highest BCUT2D eigenvalue weighted by Crippen LogP contribution is 2.13. The fourth-order valence-corrected chi connectivity index (χ4v) is 2.73. The number of amides is 1. The molecule has 0 aliphatic rings. The van der Waals surface area contributed by atoms with Gasteiger partial charge in [-0.3, -0.25) is 4.79 Å². The van der Waals surface area contributed by atoms with Crippen molar-refractivity contribution in [2.45, 2.75) is 58.7 Å². The number of carbonyl (C=O) groups is 1. The summed E-state index contributed by atoms with van der Waals surface area (Å²) >= 11 is 0. The zero-order valence-corrected chi connectivity index (χ0v) is 16.9. The third-order valence-corrected chi connectivity index (χ3v) is 4.17. The molecule has 1 amide bonds. The summed E-state index contributed by atoms with van der Waals surface area (Å²) in [4.78, 5) is 11.8. The Kier molecular flexibility index (Phi) is 7.86. The molecule has 4 heteroatoms. The Labute approximate surface area is 163 Å². The van der Waals surface area contributed by atoms with Gasteiger partial charge in [0, 0.05) is 18.1 Å². The van der Waals surface area contributed by atoms with Crippen LogP contribution in [0.4, 0.5) is 0 Å². The van der Waals surface area contributed by atoms with Crippen LogP contribution in [0.5, 0.6) is 5.75 Å². The van der Waals surface area contributed by atoms with Crippen LogP contribution < -0.4 is 15.4 Å². The van der Waals surface area contributed by atoms with Gasteiger partial charge in [0.05, 0.1) is 0 Å². The van der Waals surface area contributed by atoms with E-state index in [0.29, 0.717) is 11.8 Å². The molecular weight excluding hydrogens is 336 g/mol. The zero-order chi connectivity index (χ0) is 19.7. The van der Waals surface area contributed by atoms with Gasteiger partial charge in [0.25, 0.3) is 5.91 Å². The van der Waals surface area contributed by atoms with E-state index in [4.69, 9.17) is 4.74 Å². The lowest BCUT2D eigenvalue weighted by Crippen LogP contribution is -2.43. The lowest BCUT2D eigenvalue weighted by atomic mass is 10.1. The Morgan fingerprint density at radius 3 is 2.30 bits per heavy atom. The minimum absolute atomic E-state index is 0.0331. The molecule has 0 radical (unpaired) electrons. The van der Waals surface area contributed by atoms with Gasteiger partial charge in [-0.2, -0.15) is 0 Å². The van der Waals surface area contributed by atoms with Gasteiger partial charge in [0.2, 0.25) is 0 Å². The SMILES string of the molecule is C[C@@H](CCc1ccccc1)NCc1ccc(OCC(=O)NC(C)(C)C)cc1. The Morgan fingerprint density at radius 2 is 1.67 bits per heavy atom. The zero-order valence-electron chi connectivity index (χ0n) is 16.9. The number of hydrogen-bond acceptors (Lipinski definition) is 3. The molecule has 0 aromatic heterocycles. The lowest BCUT2D eigenvalue weighted by molar-refractivity contribution is -0.124. The summed E-state index contributed by atoms with van der Waals surface area (Å²) in [6.45, 7) is 8.93. The van der Waals surface area contributed by atoms with Crippen LogP contribution >= 0.6 is 0 Å². The Balaban J connectivity index is 1.69. The second-order valence-electron chi connectivity index (χ2n) is 8.04. The van der Waals surface area contributed by atoms with Crippen molar-refractivity contribution < 1.29 is 9.53 Å². The minimum Gasteiger partial charge on any atom is -0.484 e. The molecule has 0 bridgehead atoms. The van der Waals surface area contributed by atoms with E-state index in [-0.39, 0.29) is 18.1 Å². The Bertz CT molecular complexity index is 691. The first kappa shape index (κ1) is 21.0. The molecule has 0 spiro atoms. The Hall–Kier alpha value is -2.33. The van der Waals surface area contributed by atoms with Gasteiger partial charge in [-0.15, -0.1) is 0 Å². The Morgan fingerprint density at radius 1 is 1.00 bits per heavy atom. The second-order valence-corrected chi connectivity index (χ2v) is 8.04. The van der Waals surface area contributed by atoms with E-state index < -0.39 is 0 Å². The molecule has 4 nitrogen and oxygen atoms in total. The lowest BCUT2D eigenvalue weighted by Gasteiger charge is -2.20. The summed E-state index contributed by atoms with van der Waals surface area (Å²) in [5.74, 6) is 0.598. The van der Waals surface area contributed by atoms with E-state index in [1.807, 2.05) is 45.0 Å². The number of benzene rings is 2. The van der Waals surface area contributed by atoms with Crippen molar-refractivity contribution in [2.24, 2.45) is 0 Å². The van der Waals surface area contributed by atoms with Crippen molar-refractivity contribution >= 4 is 5.91 Å². The van der Waals surface area contributed by atoms with Crippen molar-refractivity contribution in [1.82, 2.24) is 10.6 Å². The van der Waals surface area contributed by atoms with Crippen molar-refractivity contribution in [3.8, 4) is 5.75 Å². The highest BCUT2D eigenvalue weighted by atomic mass is 16.5. The van der Waals surface area contributed by atoms with Gasteiger partial charge in [0.1, 0.15) is 5.75 Å². The molecule has 2 rings (SSSR count).